The van der Waals surface area contributed by atoms with E-state index in [1.165, 1.54) is 17.8 Å². The first-order valence-corrected chi connectivity index (χ1v) is 10.7. The summed E-state index contributed by atoms with van der Waals surface area (Å²) in [6, 6.07) is 13.7. The SMILES string of the molecule is O=C1c2ccc3cc(C(=O)N4CCN(Cc5ccccc5)CC4)cnc3c2N=CC1[N+](=O)[O-]. The van der Waals surface area contributed by atoms with Gasteiger partial charge in [-0.1, -0.05) is 36.4 Å². The Morgan fingerprint density at radius 3 is 2.58 bits per heavy atom. The van der Waals surface area contributed by atoms with Crippen LogP contribution in [0, 0.1) is 10.1 Å². The molecule has 0 bridgehead atoms. The van der Waals surface area contributed by atoms with E-state index >= 15 is 0 Å². The molecule has 0 radical (unpaired) electrons. The highest BCUT2D eigenvalue weighted by Gasteiger charge is 2.34. The van der Waals surface area contributed by atoms with Crippen LogP contribution in [0.25, 0.3) is 10.9 Å². The summed E-state index contributed by atoms with van der Waals surface area (Å²) in [5.74, 6) is -0.697. The third-order valence-corrected chi connectivity index (χ3v) is 6.09. The van der Waals surface area contributed by atoms with Crippen LogP contribution in [0.3, 0.4) is 0 Å². The first-order chi connectivity index (χ1) is 16.0. The molecule has 33 heavy (non-hydrogen) atoms. The Morgan fingerprint density at radius 1 is 1.09 bits per heavy atom. The van der Waals surface area contributed by atoms with Crippen LogP contribution in [0.1, 0.15) is 26.3 Å². The number of carbonyl (C=O) groups is 2. The molecule has 2 aliphatic rings. The van der Waals surface area contributed by atoms with E-state index in [1.807, 2.05) is 23.1 Å². The van der Waals surface area contributed by atoms with Gasteiger partial charge in [0.05, 0.1) is 22.9 Å². The third-order valence-electron chi connectivity index (χ3n) is 6.09. The van der Waals surface area contributed by atoms with Gasteiger partial charge in [0.15, 0.2) is 0 Å². The summed E-state index contributed by atoms with van der Waals surface area (Å²) in [4.78, 5) is 48.5. The molecule has 2 aromatic carbocycles. The number of ketones is 1. The number of aliphatic imine (C=N–C) groups is 1. The summed E-state index contributed by atoms with van der Waals surface area (Å²) >= 11 is 0. The normalized spacial score (nSPS) is 18.4. The van der Waals surface area contributed by atoms with Crippen LogP contribution in [-0.4, -0.2) is 69.8 Å². The van der Waals surface area contributed by atoms with Crippen molar-refractivity contribution in [2.24, 2.45) is 4.99 Å². The van der Waals surface area contributed by atoms with Crippen LogP contribution >= 0.6 is 0 Å². The van der Waals surface area contributed by atoms with Crippen molar-refractivity contribution in [3.05, 3.63) is 81.5 Å². The summed E-state index contributed by atoms with van der Waals surface area (Å²) in [6.45, 7) is 3.72. The smallest absolute Gasteiger partial charge is 0.309 e. The molecule has 1 atom stereocenters. The van der Waals surface area contributed by atoms with Gasteiger partial charge >= 0.3 is 6.04 Å². The fraction of sp³-hybridized carbons (Fsp3) is 0.250. The maximum atomic E-state index is 13.1. The molecule has 1 fully saturated rings. The fourth-order valence-corrected chi connectivity index (χ4v) is 4.29. The topological polar surface area (TPSA) is 109 Å². The van der Waals surface area contributed by atoms with Crippen molar-refractivity contribution >= 4 is 34.5 Å². The number of carbonyl (C=O) groups excluding carboxylic acids is 2. The number of fused-ring (bicyclic) bond motifs is 3. The molecule has 166 valence electrons. The van der Waals surface area contributed by atoms with Gasteiger partial charge in [-0.3, -0.25) is 34.6 Å². The van der Waals surface area contributed by atoms with Crippen molar-refractivity contribution in [3.8, 4) is 0 Å². The second-order valence-electron chi connectivity index (χ2n) is 8.18. The molecular weight excluding hydrogens is 422 g/mol. The van der Waals surface area contributed by atoms with Crippen LogP contribution in [0.4, 0.5) is 5.69 Å². The van der Waals surface area contributed by atoms with E-state index in [0.29, 0.717) is 35.2 Å². The summed E-state index contributed by atoms with van der Waals surface area (Å²) in [5.41, 5.74) is 2.65. The molecule has 0 aliphatic carbocycles. The van der Waals surface area contributed by atoms with Gasteiger partial charge in [-0.25, -0.2) is 0 Å². The summed E-state index contributed by atoms with van der Waals surface area (Å²) < 4.78 is 0. The number of Topliss-reactive ketones (excluding diaryl/α,β-unsaturated/α-hetero) is 1. The zero-order valence-corrected chi connectivity index (χ0v) is 17.8. The van der Waals surface area contributed by atoms with E-state index in [2.05, 4.69) is 27.0 Å². The van der Waals surface area contributed by atoms with Gasteiger partial charge in [0.25, 0.3) is 5.91 Å². The lowest BCUT2D eigenvalue weighted by Gasteiger charge is -2.34. The molecule has 1 amide bonds. The van der Waals surface area contributed by atoms with Crippen molar-refractivity contribution in [2.45, 2.75) is 12.6 Å². The number of rotatable bonds is 4. The van der Waals surface area contributed by atoms with Gasteiger partial charge in [-0.05, 0) is 17.7 Å². The molecular formula is C24H21N5O4. The lowest BCUT2D eigenvalue weighted by atomic mass is 9.98. The molecule has 0 saturated carbocycles. The van der Waals surface area contributed by atoms with Crippen LogP contribution < -0.4 is 0 Å². The van der Waals surface area contributed by atoms with Crippen LogP contribution in [0.15, 0.2) is 59.7 Å². The fourth-order valence-electron chi connectivity index (χ4n) is 4.29. The van der Waals surface area contributed by atoms with Crippen LogP contribution in [0.2, 0.25) is 0 Å². The Kier molecular flexibility index (Phi) is 5.39. The van der Waals surface area contributed by atoms with E-state index in [0.717, 1.165) is 25.8 Å². The Bertz CT molecular complexity index is 1280. The third kappa shape index (κ3) is 3.98. The average molecular weight is 443 g/mol. The van der Waals surface area contributed by atoms with Crippen molar-refractivity contribution in [1.82, 2.24) is 14.8 Å². The van der Waals surface area contributed by atoms with E-state index in [1.54, 1.807) is 12.1 Å². The highest BCUT2D eigenvalue weighted by Crippen LogP contribution is 2.32. The Balaban J connectivity index is 1.31. The van der Waals surface area contributed by atoms with Gasteiger partial charge in [0.1, 0.15) is 5.69 Å². The number of pyridine rings is 1. The summed E-state index contributed by atoms with van der Waals surface area (Å²) in [5, 5.41) is 11.7. The van der Waals surface area contributed by atoms with E-state index in [4.69, 9.17) is 0 Å². The standard InChI is InChI=1S/C24H21N5O4/c30-23-19-7-6-17-12-18(13-25-21(17)22(19)26-14-20(23)29(32)33)24(31)28-10-8-27(9-11-28)15-16-4-2-1-3-5-16/h1-7,12-14,20H,8-11,15H2. The minimum atomic E-state index is -1.48. The number of hydrogen-bond acceptors (Lipinski definition) is 7. The molecule has 0 N–H and O–H groups in total. The van der Waals surface area contributed by atoms with Gasteiger partial charge in [0.2, 0.25) is 5.78 Å². The maximum absolute atomic E-state index is 13.1. The lowest BCUT2D eigenvalue weighted by molar-refractivity contribution is -0.485. The number of hydrogen-bond donors (Lipinski definition) is 0. The lowest BCUT2D eigenvalue weighted by Crippen LogP contribution is -2.48. The molecule has 0 spiro atoms. The molecule has 1 unspecified atom stereocenters. The number of benzene rings is 2. The van der Waals surface area contributed by atoms with Crippen molar-refractivity contribution in [3.63, 3.8) is 0 Å². The molecule has 9 heteroatoms. The highest BCUT2D eigenvalue weighted by atomic mass is 16.6. The zero-order valence-electron chi connectivity index (χ0n) is 17.8. The number of amides is 1. The largest absolute Gasteiger partial charge is 0.336 e. The molecule has 9 nitrogen and oxygen atoms in total. The minimum absolute atomic E-state index is 0.0884. The number of aromatic nitrogens is 1. The van der Waals surface area contributed by atoms with E-state index in [-0.39, 0.29) is 11.5 Å². The maximum Gasteiger partial charge on any atom is 0.309 e. The van der Waals surface area contributed by atoms with Gasteiger partial charge in [-0.2, -0.15) is 0 Å². The first-order valence-electron chi connectivity index (χ1n) is 10.7. The molecule has 1 aromatic heterocycles. The summed E-state index contributed by atoms with van der Waals surface area (Å²) in [6.07, 6.45) is 2.53. The van der Waals surface area contributed by atoms with E-state index in [9.17, 15) is 19.7 Å². The Hall–Kier alpha value is -3.98. The van der Waals surface area contributed by atoms with Crippen molar-refractivity contribution < 1.29 is 14.5 Å². The Labute approximate surface area is 189 Å². The molecule has 2 aliphatic heterocycles. The van der Waals surface area contributed by atoms with Crippen molar-refractivity contribution in [2.75, 3.05) is 26.2 Å². The highest BCUT2D eigenvalue weighted by molar-refractivity contribution is 6.18. The summed E-state index contributed by atoms with van der Waals surface area (Å²) in [7, 11) is 0. The van der Waals surface area contributed by atoms with E-state index < -0.39 is 16.7 Å². The molecule has 3 heterocycles. The van der Waals surface area contributed by atoms with Gasteiger partial charge in [0, 0.05) is 49.2 Å². The number of piperazine rings is 1. The number of nitro groups is 1. The first kappa shape index (κ1) is 20.9. The molecule has 1 saturated heterocycles. The van der Waals surface area contributed by atoms with Gasteiger partial charge < -0.3 is 4.90 Å². The minimum Gasteiger partial charge on any atom is -0.336 e. The second kappa shape index (κ2) is 8.51. The second-order valence-corrected chi connectivity index (χ2v) is 8.18. The molecule has 3 aromatic rings. The van der Waals surface area contributed by atoms with Crippen LogP contribution in [-0.2, 0) is 6.54 Å². The average Bonchev–Trinajstić information content (AvgIpc) is 2.84. The van der Waals surface area contributed by atoms with Crippen molar-refractivity contribution in [1.29, 1.82) is 0 Å². The predicted octanol–water partition coefficient (Wildman–Crippen LogP) is 2.74. The number of nitrogens with zero attached hydrogens (tertiary/aromatic N) is 5. The van der Waals surface area contributed by atoms with Gasteiger partial charge in [-0.15, -0.1) is 0 Å². The monoisotopic (exact) mass is 443 g/mol. The van der Waals surface area contributed by atoms with Crippen LogP contribution in [0.5, 0.6) is 0 Å². The zero-order chi connectivity index (χ0) is 22.9. The quantitative estimate of drug-likeness (QED) is 0.453. The molecule has 5 rings (SSSR count). The Morgan fingerprint density at radius 2 is 1.85 bits per heavy atom. The predicted molar refractivity (Wildman–Crippen MR) is 123 cm³/mol.